The smallest absolute Gasteiger partial charge is 0.0874 e. The Kier molecular flexibility index (Phi) is 1.84. The van der Waals surface area contributed by atoms with Crippen LogP contribution >= 0.6 is 0 Å². The molecule has 0 aromatic carbocycles. The minimum atomic E-state index is 0.291. The van der Waals surface area contributed by atoms with Crippen LogP contribution < -0.4 is 5.73 Å². The molecule has 4 nitrogen and oxygen atoms in total. The predicted molar refractivity (Wildman–Crippen MR) is 45.7 cm³/mol. The van der Waals surface area contributed by atoms with Crippen molar-refractivity contribution in [2.45, 2.75) is 38.8 Å². The van der Waals surface area contributed by atoms with Gasteiger partial charge in [0.05, 0.1) is 17.9 Å². The van der Waals surface area contributed by atoms with Crippen LogP contribution in [0.2, 0.25) is 0 Å². The van der Waals surface area contributed by atoms with E-state index < -0.39 is 0 Å². The van der Waals surface area contributed by atoms with E-state index in [0.717, 1.165) is 37.2 Å². The third-order valence-electron chi connectivity index (χ3n) is 2.30. The fourth-order valence-electron chi connectivity index (χ4n) is 1.58. The van der Waals surface area contributed by atoms with E-state index in [0.29, 0.717) is 6.04 Å². The van der Waals surface area contributed by atoms with Crippen molar-refractivity contribution in [2.24, 2.45) is 5.73 Å². The largest absolute Gasteiger partial charge is 0.327 e. The Morgan fingerprint density at radius 1 is 1.50 bits per heavy atom. The highest BCUT2D eigenvalue weighted by atomic mass is 15.5. The Hall–Kier alpha value is -0.900. The summed E-state index contributed by atoms with van der Waals surface area (Å²) < 4.78 is 0. The van der Waals surface area contributed by atoms with Gasteiger partial charge in [0.15, 0.2) is 0 Å². The van der Waals surface area contributed by atoms with Crippen LogP contribution in [0.1, 0.15) is 24.7 Å². The summed E-state index contributed by atoms with van der Waals surface area (Å²) in [6.45, 7) is 2.90. The molecule has 0 bridgehead atoms. The van der Waals surface area contributed by atoms with Crippen LogP contribution in [-0.4, -0.2) is 21.0 Å². The monoisotopic (exact) mass is 166 g/mol. The maximum Gasteiger partial charge on any atom is 0.0874 e. The number of aromatic nitrogens is 3. The second-order valence-electron chi connectivity index (χ2n) is 3.28. The lowest BCUT2D eigenvalue weighted by Gasteiger charge is -2.14. The van der Waals surface area contributed by atoms with Gasteiger partial charge in [-0.25, -0.2) is 0 Å². The minimum Gasteiger partial charge on any atom is -0.327 e. The normalized spacial score (nSPS) is 22.3. The summed E-state index contributed by atoms with van der Waals surface area (Å²) in [5, 5.41) is 8.70. The Labute approximate surface area is 71.8 Å². The average molecular weight is 166 g/mol. The first-order chi connectivity index (χ1) is 5.79. The lowest BCUT2D eigenvalue weighted by Crippen LogP contribution is -2.27. The maximum absolute atomic E-state index is 5.82. The van der Waals surface area contributed by atoms with Gasteiger partial charge in [0.25, 0.3) is 0 Å². The number of aryl methyl sites for hydroxylation is 2. The minimum absolute atomic E-state index is 0.291. The molecule has 0 amide bonds. The van der Waals surface area contributed by atoms with Gasteiger partial charge in [0.1, 0.15) is 0 Å². The molecule has 12 heavy (non-hydrogen) atoms. The summed E-state index contributed by atoms with van der Waals surface area (Å²) in [4.78, 5) is 1.75. The van der Waals surface area contributed by atoms with Crippen molar-refractivity contribution >= 4 is 0 Å². The van der Waals surface area contributed by atoms with Crippen molar-refractivity contribution in [2.75, 3.05) is 0 Å². The first kappa shape index (κ1) is 7.73. The topological polar surface area (TPSA) is 56.7 Å². The molecule has 1 unspecified atom stereocenters. The van der Waals surface area contributed by atoms with Gasteiger partial charge in [-0.3, -0.25) is 0 Å². The van der Waals surface area contributed by atoms with E-state index in [1.54, 1.807) is 4.80 Å². The second-order valence-corrected chi connectivity index (χ2v) is 3.28. The zero-order chi connectivity index (χ0) is 8.55. The summed E-state index contributed by atoms with van der Waals surface area (Å²) in [5.41, 5.74) is 8.08. The van der Waals surface area contributed by atoms with E-state index in [2.05, 4.69) is 10.2 Å². The van der Waals surface area contributed by atoms with Gasteiger partial charge in [0.2, 0.25) is 0 Å². The van der Waals surface area contributed by atoms with Gasteiger partial charge in [0, 0.05) is 12.5 Å². The number of hydrogen-bond acceptors (Lipinski definition) is 3. The van der Waals surface area contributed by atoms with Gasteiger partial charge in [-0.2, -0.15) is 15.0 Å². The van der Waals surface area contributed by atoms with Gasteiger partial charge >= 0.3 is 0 Å². The molecular weight excluding hydrogens is 152 g/mol. The Bertz CT molecular complexity index is 279. The summed E-state index contributed by atoms with van der Waals surface area (Å²) >= 11 is 0. The number of nitrogens with two attached hydrogens (primary N) is 1. The molecule has 4 heteroatoms. The lowest BCUT2D eigenvalue weighted by molar-refractivity contribution is 0.559. The Morgan fingerprint density at radius 3 is 3.00 bits per heavy atom. The molecule has 1 heterocycles. The van der Waals surface area contributed by atoms with Crippen LogP contribution in [0.4, 0.5) is 0 Å². The SMILES string of the molecule is CCn1nc2c(n1)CC(N)CC2. The highest BCUT2D eigenvalue weighted by Crippen LogP contribution is 2.16. The summed E-state index contributed by atoms with van der Waals surface area (Å²) in [7, 11) is 0. The predicted octanol–water partition coefficient (Wildman–Crippen LogP) is 0.114. The highest BCUT2D eigenvalue weighted by Gasteiger charge is 2.19. The summed E-state index contributed by atoms with van der Waals surface area (Å²) in [6, 6.07) is 0.291. The second kappa shape index (κ2) is 2.86. The average Bonchev–Trinajstić information content (AvgIpc) is 2.46. The number of nitrogens with zero attached hydrogens (tertiary/aromatic N) is 3. The molecule has 1 atom stereocenters. The molecule has 0 saturated heterocycles. The molecule has 1 aromatic rings. The van der Waals surface area contributed by atoms with Crippen molar-refractivity contribution in [1.29, 1.82) is 0 Å². The zero-order valence-electron chi connectivity index (χ0n) is 7.32. The van der Waals surface area contributed by atoms with E-state index in [9.17, 15) is 0 Å². The van der Waals surface area contributed by atoms with Gasteiger partial charge in [-0.15, -0.1) is 0 Å². The number of rotatable bonds is 1. The first-order valence-corrected chi connectivity index (χ1v) is 4.48. The molecule has 2 rings (SSSR count). The molecular formula is C8H14N4. The van der Waals surface area contributed by atoms with Gasteiger partial charge in [-0.1, -0.05) is 0 Å². The standard InChI is InChI=1S/C8H14N4/c1-2-12-10-7-4-3-6(9)5-8(7)11-12/h6H,2-5,9H2,1H3. The molecule has 1 aliphatic carbocycles. The third kappa shape index (κ3) is 1.22. The molecule has 0 spiro atoms. The number of fused-ring (bicyclic) bond motifs is 1. The van der Waals surface area contributed by atoms with E-state index in [-0.39, 0.29) is 0 Å². The van der Waals surface area contributed by atoms with Crippen LogP contribution in [0, 0.1) is 0 Å². The third-order valence-corrected chi connectivity index (χ3v) is 2.30. The maximum atomic E-state index is 5.82. The fraction of sp³-hybridized carbons (Fsp3) is 0.750. The van der Waals surface area contributed by atoms with Crippen molar-refractivity contribution in [3.05, 3.63) is 11.4 Å². The Morgan fingerprint density at radius 2 is 2.25 bits per heavy atom. The molecule has 0 saturated carbocycles. The van der Waals surface area contributed by atoms with Crippen molar-refractivity contribution in [3.63, 3.8) is 0 Å². The summed E-state index contributed by atoms with van der Waals surface area (Å²) in [6.07, 6.45) is 2.95. The van der Waals surface area contributed by atoms with Gasteiger partial charge < -0.3 is 5.73 Å². The van der Waals surface area contributed by atoms with Crippen LogP contribution in [0.3, 0.4) is 0 Å². The fourth-order valence-corrected chi connectivity index (χ4v) is 1.58. The van der Waals surface area contributed by atoms with Crippen LogP contribution in [0.5, 0.6) is 0 Å². The Balaban J connectivity index is 2.28. The molecule has 1 aliphatic rings. The van der Waals surface area contributed by atoms with E-state index >= 15 is 0 Å². The summed E-state index contributed by atoms with van der Waals surface area (Å²) in [5.74, 6) is 0. The van der Waals surface area contributed by atoms with E-state index in [1.807, 2.05) is 6.92 Å². The van der Waals surface area contributed by atoms with E-state index in [4.69, 9.17) is 5.73 Å². The van der Waals surface area contributed by atoms with Crippen molar-refractivity contribution in [3.8, 4) is 0 Å². The molecule has 1 aromatic heterocycles. The van der Waals surface area contributed by atoms with Crippen LogP contribution in [0.25, 0.3) is 0 Å². The molecule has 2 N–H and O–H groups in total. The van der Waals surface area contributed by atoms with E-state index in [1.165, 1.54) is 0 Å². The molecule has 66 valence electrons. The van der Waals surface area contributed by atoms with Gasteiger partial charge in [-0.05, 0) is 19.8 Å². The quantitative estimate of drug-likeness (QED) is 0.644. The van der Waals surface area contributed by atoms with Crippen LogP contribution in [-0.2, 0) is 19.4 Å². The van der Waals surface area contributed by atoms with Crippen molar-refractivity contribution in [1.82, 2.24) is 15.0 Å². The highest BCUT2D eigenvalue weighted by molar-refractivity contribution is 5.14. The zero-order valence-corrected chi connectivity index (χ0v) is 7.32. The molecule has 0 aliphatic heterocycles. The molecule has 0 fully saturated rings. The van der Waals surface area contributed by atoms with Crippen molar-refractivity contribution < 1.29 is 0 Å². The lowest BCUT2D eigenvalue weighted by atomic mass is 9.97. The number of hydrogen-bond donors (Lipinski definition) is 1. The molecule has 0 radical (unpaired) electrons. The van der Waals surface area contributed by atoms with Crippen LogP contribution in [0.15, 0.2) is 0 Å². The first-order valence-electron chi connectivity index (χ1n) is 4.48.